The van der Waals surface area contributed by atoms with E-state index in [0.717, 1.165) is 28.1 Å². The van der Waals surface area contributed by atoms with E-state index in [1.807, 2.05) is 18.2 Å². The molecular formula is C13H9Br6N. The van der Waals surface area contributed by atoms with Crippen LogP contribution in [0.2, 0.25) is 0 Å². The number of nitrogens with one attached hydrogen (secondary N) is 1. The number of quaternary nitrogens is 1. The summed E-state index contributed by atoms with van der Waals surface area (Å²) in [5.74, 6) is 0. The first-order valence-electron chi connectivity index (χ1n) is 5.36. The largest absolute Gasteiger partial charge is 1.00 e. The molecule has 0 aliphatic carbocycles. The molecule has 0 aromatic heterocycles. The summed E-state index contributed by atoms with van der Waals surface area (Å²) in [7, 11) is 2.12. The van der Waals surface area contributed by atoms with Gasteiger partial charge in [0.15, 0.2) is 5.69 Å². The van der Waals surface area contributed by atoms with Crippen molar-refractivity contribution in [3.8, 4) is 0 Å². The summed E-state index contributed by atoms with van der Waals surface area (Å²) in [5.41, 5.74) is 2.33. The van der Waals surface area contributed by atoms with E-state index in [4.69, 9.17) is 0 Å². The van der Waals surface area contributed by atoms with Gasteiger partial charge in [0.1, 0.15) is 5.69 Å². The van der Waals surface area contributed by atoms with E-state index in [0.29, 0.717) is 0 Å². The minimum Gasteiger partial charge on any atom is -1.00 e. The molecule has 0 fully saturated rings. The fraction of sp³-hybridized carbons (Fsp3) is 0.0769. The zero-order valence-electron chi connectivity index (χ0n) is 10.2. The lowest BCUT2D eigenvalue weighted by Gasteiger charge is -2.18. The van der Waals surface area contributed by atoms with E-state index in [1.165, 1.54) is 10.6 Å². The van der Waals surface area contributed by atoms with Crippen LogP contribution in [0.3, 0.4) is 0 Å². The number of para-hydroxylation sites is 1. The second-order valence-corrected chi connectivity index (χ2v) is 7.90. The lowest BCUT2D eigenvalue weighted by molar-refractivity contribution is -0.736. The average Bonchev–Trinajstić information content (AvgIpc) is 2.44. The Hall–Kier alpha value is 1.28. The summed E-state index contributed by atoms with van der Waals surface area (Å²) in [6.07, 6.45) is 0. The molecule has 2 aromatic rings. The molecule has 20 heavy (non-hydrogen) atoms. The fourth-order valence-electron chi connectivity index (χ4n) is 1.77. The van der Waals surface area contributed by atoms with Crippen LogP contribution in [0.25, 0.3) is 0 Å². The SMILES string of the molecule is C[NH+](c1ccccc1)c1c(Br)c(Br)c(Br)c(Br)c1Br.[Br-]. The Kier molecular flexibility index (Phi) is 7.95. The van der Waals surface area contributed by atoms with E-state index in [1.54, 1.807) is 0 Å². The molecule has 0 saturated carbocycles. The molecule has 1 nitrogen and oxygen atoms in total. The Morgan fingerprint density at radius 1 is 0.700 bits per heavy atom. The van der Waals surface area contributed by atoms with E-state index < -0.39 is 0 Å². The van der Waals surface area contributed by atoms with Gasteiger partial charge >= 0.3 is 0 Å². The molecule has 1 N–H and O–H groups in total. The smallest absolute Gasteiger partial charge is 0.167 e. The predicted molar refractivity (Wildman–Crippen MR) is 97.6 cm³/mol. The van der Waals surface area contributed by atoms with Gasteiger partial charge in [-0.3, -0.25) is 4.90 Å². The molecule has 2 aromatic carbocycles. The molecule has 0 aliphatic heterocycles. The van der Waals surface area contributed by atoms with Crippen LogP contribution in [-0.4, -0.2) is 7.05 Å². The molecule has 0 saturated heterocycles. The van der Waals surface area contributed by atoms with Crippen molar-refractivity contribution in [2.24, 2.45) is 0 Å². The maximum absolute atomic E-state index is 3.67. The maximum Gasteiger partial charge on any atom is 0.167 e. The highest BCUT2D eigenvalue weighted by Gasteiger charge is 2.25. The van der Waals surface area contributed by atoms with Crippen LogP contribution in [0.4, 0.5) is 11.4 Å². The van der Waals surface area contributed by atoms with E-state index in [2.05, 4.69) is 98.8 Å². The number of halogens is 6. The maximum atomic E-state index is 3.67. The van der Waals surface area contributed by atoms with Crippen molar-refractivity contribution in [1.29, 1.82) is 0 Å². The van der Waals surface area contributed by atoms with Crippen molar-refractivity contribution in [2.75, 3.05) is 7.05 Å². The fourth-order valence-corrected chi connectivity index (χ4v) is 5.41. The summed E-state index contributed by atoms with van der Waals surface area (Å²) < 4.78 is 5.02. The zero-order chi connectivity index (χ0) is 14.2. The number of hydrogen-bond donors (Lipinski definition) is 1. The summed E-state index contributed by atoms with van der Waals surface area (Å²) in [5, 5.41) is 0. The monoisotopic (exact) mass is 653 g/mol. The Labute approximate surface area is 170 Å². The van der Waals surface area contributed by atoms with Gasteiger partial charge in [-0.05, 0) is 91.8 Å². The zero-order valence-corrected chi connectivity index (χ0v) is 19.7. The van der Waals surface area contributed by atoms with Gasteiger partial charge in [0, 0.05) is 4.47 Å². The Balaban J connectivity index is 0.00000200. The number of hydrogen-bond acceptors (Lipinski definition) is 0. The highest BCUT2D eigenvalue weighted by Crippen LogP contribution is 2.46. The minimum atomic E-state index is 0. The summed E-state index contributed by atoms with van der Waals surface area (Å²) in [6.45, 7) is 0. The van der Waals surface area contributed by atoms with Gasteiger partial charge in [-0.15, -0.1) is 0 Å². The second-order valence-electron chi connectivity index (χ2n) is 3.94. The Morgan fingerprint density at radius 3 is 1.55 bits per heavy atom. The summed E-state index contributed by atoms with van der Waals surface area (Å²) in [6, 6.07) is 10.3. The van der Waals surface area contributed by atoms with Crippen LogP contribution < -0.4 is 21.9 Å². The molecule has 0 radical (unpaired) electrons. The Morgan fingerprint density at radius 2 is 1.10 bits per heavy atom. The van der Waals surface area contributed by atoms with Crippen molar-refractivity contribution in [1.82, 2.24) is 0 Å². The lowest BCUT2D eigenvalue weighted by Crippen LogP contribution is -3.00. The highest BCUT2D eigenvalue weighted by molar-refractivity contribution is 9.15. The molecule has 2 rings (SSSR count). The van der Waals surface area contributed by atoms with Crippen LogP contribution in [0.15, 0.2) is 52.7 Å². The molecule has 108 valence electrons. The van der Waals surface area contributed by atoms with Crippen molar-refractivity contribution >= 4 is 91.0 Å². The molecule has 7 heteroatoms. The van der Waals surface area contributed by atoms with Crippen molar-refractivity contribution in [3.63, 3.8) is 0 Å². The van der Waals surface area contributed by atoms with Crippen LogP contribution >= 0.6 is 79.6 Å². The van der Waals surface area contributed by atoms with Crippen molar-refractivity contribution in [3.05, 3.63) is 52.7 Å². The molecule has 1 atom stereocenters. The minimum absolute atomic E-state index is 0. The highest BCUT2D eigenvalue weighted by atomic mass is 79.9. The quantitative estimate of drug-likeness (QED) is 0.374. The number of benzene rings is 2. The van der Waals surface area contributed by atoms with Gasteiger partial charge in [-0.2, -0.15) is 0 Å². The first-order valence-corrected chi connectivity index (χ1v) is 9.32. The lowest BCUT2D eigenvalue weighted by atomic mass is 10.2. The van der Waals surface area contributed by atoms with Crippen molar-refractivity contribution < 1.29 is 21.9 Å². The summed E-state index contributed by atoms with van der Waals surface area (Å²) >= 11 is 18.1. The molecule has 0 bridgehead atoms. The first kappa shape index (κ1) is 19.3. The van der Waals surface area contributed by atoms with E-state index >= 15 is 0 Å². The summed E-state index contributed by atoms with van der Waals surface area (Å²) in [4.78, 5) is 1.20. The second kappa shape index (κ2) is 8.22. The topological polar surface area (TPSA) is 4.44 Å². The van der Waals surface area contributed by atoms with E-state index in [-0.39, 0.29) is 17.0 Å². The Bertz CT molecular complexity index is 585. The average molecular weight is 659 g/mol. The van der Waals surface area contributed by atoms with Gasteiger partial charge in [-0.1, -0.05) is 18.2 Å². The van der Waals surface area contributed by atoms with Crippen LogP contribution in [0, 0.1) is 0 Å². The number of rotatable bonds is 2. The third-order valence-corrected chi connectivity index (χ3v) is 8.88. The molecule has 0 amide bonds. The van der Waals surface area contributed by atoms with Gasteiger partial charge in [0.2, 0.25) is 0 Å². The first-order chi connectivity index (χ1) is 8.95. The van der Waals surface area contributed by atoms with Crippen LogP contribution in [0.5, 0.6) is 0 Å². The molecule has 1 unspecified atom stereocenters. The molecule has 0 spiro atoms. The normalized spacial score (nSPS) is 11.9. The molecular weight excluding hydrogens is 650 g/mol. The van der Waals surface area contributed by atoms with Crippen LogP contribution in [-0.2, 0) is 0 Å². The predicted octanol–water partition coefficient (Wildman–Crippen LogP) is 2.98. The van der Waals surface area contributed by atoms with Crippen molar-refractivity contribution in [2.45, 2.75) is 0 Å². The van der Waals surface area contributed by atoms with Gasteiger partial charge in [0.25, 0.3) is 0 Å². The van der Waals surface area contributed by atoms with Gasteiger partial charge in [-0.25, -0.2) is 0 Å². The van der Waals surface area contributed by atoms with Gasteiger partial charge in [0.05, 0.1) is 24.9 Å². The molecule has 0 aliphatic rings. The van der Waals surface area contributed by atoms with E-state index in [9.17, 15) is 0 Å². The third-order valence-electron chi connectivity index (χ3n) is 2.79. The molecule has 0 heterocycles. The standard InChI is InChI=1S/C13H8Br5N.BrH/c1-19(7-5-3-2-4-6-7)13-11(17)9(15)8(14)10(16)12(13)18;/h2-6H,1H3;1H. The van der Waals surface area contributed by atoms with Gasteiger partial charge < -0.3 is 17.0 Å². The third kappa shape index (κ3) is 3.78. The van der Waals surface area contributed by atoms with Crippen LogP contribution in [0.1, 0.15) is 0 Å².